The standard InChI is InChI=1S/C22H26FN5.HI/c1-3-24-22(25-14-18-10-9-17(2)21(23)13-18)26-15-19-7-4-5-8-20(19)16-28-12-6-11-27-28;/h4-13H,3,14-16H2,1-2H3,(H2,24,25,26);1H. The van der Waals surface area contributed by atoms with Crippen LogP contribution in [0.2, 0.25) is 0 Å². The molecule has 0 saturated carbocycles. The number of hydrogen-bond donors (Lipinski definition) is 2. The summed E-state index contributed by atoms with van der Waals surface area (Å²) < 4.78 is 15.6. The van der Waals surface area contributed by atoms with E-state index in [1.54, 1.807) is 25.3 Å². The van der Waals surface area contributed by atoms with Crippen LogP contribution >= 0.6 is 24.0 Å². The van der Waals surface area contributed by atoms with E-state index in [4.69, 9.17) is 0 Å². The van der Waals surface area contributed by atoms with Gasteiger partial charge in [0.2, 0.25) is 0 Å². The van der Waals surface area contributed by atoms with Crippen molar-refractivity contribution in [3.63, 3.8) is 0 Å². The number of benzene rings is 2. The van der Waals surface area contributed by atoms with Gasteiger partial charge in [0.15, 0.2) is 5.96 Å². The molecular weight excluding hydrogens is 480 g/mol. The first-order valence-corrected chi connectivity index (χ1v) is 9.47. The van der Waals surface area contributed by atoms with Crippen LogP contribution in [0.4, 0.5) is 4.39 Å². The molecule has 0 aliphatic heterocycles. The number of aromatic nitrogens is 2. The highest BCUT2D eigenvalue weighted by molar-refractivity contribution is 14.0. The zero-order valence-electron chi connectivity index (χ0n) is 16.7. The average molecular weight is 507 g/mol. The van der Waals surface area contributed by atoms with Crippen molar-refractivity contribution in [1.82, 2.24) is 20.4 Å². The fourth-order valence-corrected chi connectivity index (χ4v) is 2.88. The molecule has 5 nitrogen and oxygen atoms in total. The fraction of sp³-hybridized carbons (Fsp3) is 0.273. The summed E-state index contributed by atoms with van der Waals surface area (Å²) in [6.07, 6.45) is 3.74. The highest BCUT2D eigenvalue weighted by Crippen LogP contribution is 2.11. The zero-order chi connectivity index (χ0) is 19.8. The SMILES string of the molecule is CCNC(=NCc1ccc(C)c(F)c1)NCc1ccccc1Cn1cccn1.I. The lowest BCUT2D eigenvalue weighted by Gasteiger charge is -2.14. The van der Waals surface area contributed by atoms with E-state index >= 15 is 0 Å². The minimum absolute atomic E-state index is 0. The summed E-state index contributed by atoms with van der Waals surface area (Å²) in [4.78, 5) is 4.59. The Morgan fingerprint density at radius 2 is 1.90 bits per heavy atom. The Balaban J connectivity index is 0.00000300. The molecule has 1 heterocycles. The number of aryl methyl sites for hydroxylation is 1. The lowest BCUT2D eigenvalue weighted by molar-refractivity contribution is 0.616. The van der Waals surface area contributed by atoms with Crippen LogP contribution in [0.15, 0.2) is 65.9 Å². The van der Waals surface area contributed by atoms with E-state index in [1.165, 1.54) is 11.1 Å². The molecule has 1 aromatic heterocycles. The van der Waals surface area contributed by atoms with Crippen molar-refractivity contribution in [1.29, 1.82) is 0 Å². The molecule has 0 amide bonds. The molecule has 0 radical (unpaired) electrons. The molecule has 0 aliphatic carbocycles. The highest BCUT2D eigenvalue weighted by Gasteiger charge is 2.05. The molecule has 2 aromatic carbocycles. The first-order valence-electron chi connectivity index (χ1n) is 9.47. The normalized spacial score (nSPS) is 11.1. The number of nitrogens with one attached hydrogen (secondary N) is 2. The molecule has 154 valence electrons. The van der Waals surface area contributed by atoms with Crippen LogP contribution in [0.1, 0.15) is 29.2 Å². The molecule has 0 spiro atoms. The Morgan fingerprint density at radius 3 is 2.59 bits per heavy atom. The molecule has 0 unspecified atom stereocenters. The molecule has 0 atom stereocenters. The van der Waals surface area contributed by atoms with Crippen LogP contribution < -0.4 is 10.6 Å². The van der Waals surface area contributed by atoms with E-state index in [-0.39, 0.29) is 29.8 Å². The summed E-state index contributed by atoms with van der Waals surface area (Å²) in [6, 6.07) is 15.4. The maximum atomic E-state index is 13.7. The predicted molar refractivity (Wildman–Crippen MR) is 126 cm³/mol. The van der Waals surface area contributed by atoms with Crippen molar-refractivity contribution in [3.8, 4) is 0 Å². The second-order valence-electron chi connectivity index (χ2n) is 6.60. The molecular formula is C22H27FIN5. The van der Waals surface area contributed by atoms with Crippen LogP contribution in [-0.2, 0) is 19.6 Å². The Bertz CT molecular complexity index is 925. The van der Waals surface area contributed by atoms with Gasteiger partial charge in [-0.15, -0.1) is 24.0 Å². The summed E-state index contributed by atoms with van der Waals surface area (Å²) in [5, 5.41) is 10.9. The van der Waals surface area contributed by atoms with Gasteiger partial charge in [-0.05, 0) is 48.2 Å². The van der Waals surface area contributed by atoms with Gasteiger partial charge in [0.05, 0.1) is 13.1 Å². The van der Waals surface area contributed by atoms with Crippen molar-refractivity contribution >= 4 is 29.9 Å². The molecule has 2 N–H and O–H groups in total. The van der Waals surface area contributed by atoms with E-state index in [0.717, 1.165) is 18.7 Å². The molecule has 0 fully saturated rings. The highest BCUT2D eigenvalue weighted by atomic mass is 127. The third-order valence-corrected chi connectivity index (χ3v) is 4.46. The lowest BCUT2D eigenvalue weighted by Crippen LogP contribution is -2.37. The van der Waals surface area contributed by atoms with Crippen LogP contribution in [0, 0.1) is 12.7 Å². The largest absolute Gasteiger partial charge is 0.357 e. The minimum Gasteiger partial charge on any atom is -0.357 e. The van der Waals surface area contributed by atoms with Gasteiger partial charge in [-0.2, -0.15) is 5.10 Å². The van der Waals surface area contributed by atoms with Crippen molar-refractivity contribution in [3.05, 3.63) is 89.0 Å². The molecule has 29 heavy (non-hydrogen) atoms. The Labute approximate surface area is 188 Å². The second-order valence-corrected chi connectivity index (χ2v) is 6.60. The van der Waals surface area contributed by atoms with Gasteiger partial charge in [0.1, 0.15) is 5.82 Å². The van der Waals surface area contributed by atoms with Gasteiger partial charge in [-0.25, -0.2) is 9.38 Å². The second kappa shape index (κ2) is 11.5. The van der Waals surface area contributed by atoms with Gasteiger partial charge >= 0.3 is 0 Å². The molecule has 0 aliphatic rings. The smallest absolute Gasteiger partial charge is 0.191 e. The number of aliphatic imine (C=N–C) groups is 1. The van der Waals surface area contributed by atoms with E-state index in [1.807, 2.05) is 42.1 Å². The van der Waals surface area contributed by atoms with Crippen molar-refractivity contribution in [2.24, 2.45) is 4.99 Å². The third kappa shape index (κ3) is 6.85. The number of hydrogen-bond acceptors (Lipinski definition) is 2. The molecule has 3 aromatic rings. The molecule has 0 bridgehead atoms. The quantitative estimate of drug-likeness (QED) is 0.286. The van der Waals surface area contributed by atoms with Gasteiger partial charge in [-0.3, -0.25) is 4.68 Å². The maximum Gasteiger partial charge on any atom is 0.191 e. The summed E-state index contributed by atoms with van der Waals surface area (Å²) >= 11 is 0. The monoisotopic (exact) mass is 507 g/mol. The van der Waals surface area contributed by atoms with Gasteiger partial charge in [-0.1, -0.05) is 36.4 Å². The Morgan fingerprint density at radius 1 is 1.10 bits per heavy atom. The molecule has 7 heteroatoms. The van der Waals surface area contributed by atoms with Crippen LogP contribution in [-0.4, -0.2) is 22.3 Å². The van der Waals surface area contributed by atoms with Crippen molar-refractivity contribution in [2.45, 2.75) is 33.5 Å². The molecule has 0 saturated heterocycles. The fourth-order valence-electron chi connectivity index (χ4n) is 2.88. The van der Waals surface area contributed by atoms with Gasteiger partial charge in [0.25, 0.3) is 0 Å². The summed E-state index contributed by atoms with van der Waals surface area (Å²) in [5.41, 5.74) is 3.88. The predicted octanol–water partition coefficient (Wildman–Crippen LogP) is 4.25. The van der Waals surface area contributed by atoms with Crippen molar-refractivity contribution in [2.75, 3.05) is 6.54 Å². The van der Waals surface area contributed by atoms with Gasteiger partial charge in [0, 0.05) is 25.5 Å². The number of nitrogens with zero attached hydrogens (tertiary/aromatic N) is 3. The third-order valence-electron chi connectivity index (χ3n) is 4.46. The summed E-state index contributed by atoms with van der Waals surface area (Å²) in [5.74, 6) is 0.510. The maximum absolute atomic E-state index is 13.7. The average Bonchev–Trinajstić information content (AvgIpc) is 3.21. The van der Waals surface area contributed by atoms with Crippen LogP contribution in [0.25, 0.3) is 0 Å². The first-order chi connectivity index (χ1) is 13.7. The topological polar surface area (TPSA) is 54.2 Å². The van der Waals surface area contributed by atoms with E-state index in [9.17, 15) is 4.39 Å². The van der Waals surface area contributed by atoms with Crippen molar-refractivity contribution < 1.29 is 4.39 Å². The lowest BCUT2D eigenvalue weighted by atomic mass is 10.1. The first kappa shape index (κ1) is 22.9. The summed E-state index contributed by atoms with van der Waals surface area (Å²) in [7, 11) is 0. The number of guanidine groups is 1. The van der Waals surface area contributed by atoms with Crippen LogP contribution in [0.5, 0.6) is 0 Å². The molecule has 3 rings (SSSR count). The Hall–Kier alpha value is -2.42. The van der Waals surface area contributed by atoms with E-state index in [0.29, 0.717) is 24.6 Å². The number of rotatable bonds is 7. The van der Waals surface area contributed by atoms with Gasteiger partial charge < -0.3 is 10.6 Å². The van der Waals surface area contributed by atoms with E-state index < -0.39 is 0 Å². The van der Waals surface area contributed by atoms with Crippen LogP contribution in [0.3, 0.4) is 0 Å². The number of halogens is 2. The summed E-state index contributed by atoms with van der Waals surface area (Å²) in [6.45, 7) is 6.32. The minimum atomic E-state index is -0.196. The van der Waals surface area contributed by atoms with E-state index in [2.05, 4.69) is 32.9 Å². The zero-order valence-corrected chi connectivity index (χ0v) is 19.1. The Kier molecular flexibility index (Phi) is 9.11.